The normalized spacial score (nSPS) is 15.5. The summed E-state index contributed by atoms with van der Waals surface area (Å²) in [5, 5.41) is 10.5. The number of hydrogen-bond donors (Lipinski definition) is 1. The summed E-state index contributed by atoms with van der Waals surface area (Å²) < 4.78 is 34.4. The van der Waals surface area contributed by atoms with Crippen molar-refractivity contribution in [3.63, 3.8) is 0 Å². The third-order valence-electron chi connectivity index (χ3n) is 7.49. The molecule has 0 aliphatic carbocycles. The maximum Gasteiger partial charge on any atom is 0.338 e. The highest BCUT2D eigenvalue weighted by molar-refractivity contribution is 6.06. The zero-order chi connectivity index (χ0) is 30.2. The average molecular weight is 585 g/mol. The lowest BCUT2D eigenvalue weighted by atomic mass is 9.82. The first kappa shape index (κ1) is 30.1. The van der Waals surface area contributed by atoms with Crippen LogP contribution >= 0.6 is 0 Å². The van der Waals surface area contributed by atoms with E-state index in [0.717, 1.165) is 27.5 Å². The average Bonchev–Trinajstić information content (AvgIpc) is 3.06. The van der Waals surface area contributed by atoms with Gasteiger partial charge < -0.3 is 33.5 Å². The van der Waals surface area contributed by atoms with Crippen molar-refractivity contribution in [3.8, 4) is 17.2 Å². The number of benzene rings is 4. The number of fused-ring (bicyclic) bond motifs is 3. The van der Waals surface area contributed by atoms with E-state index in [1.807, 2.05) is 91.9 Å². The van der Waals surface area contributed by atoms with E-state index in [9.17, 15) is 4.79 Å². The van der Waals surface area contributed by atoms with Gasteiger partial charge in [-0.1, -0.05) is 48.5 Å². The van der Waals surface area contributed by atoms with Gasteiger partial charge in [-0.3, -0.25) is 0 Å². The monoisotopic (exact) mass is 584 g/mol. The largest absolute Gasteiger partial charge is 0.497 e. The van der Waals surface area contributed by atoms with Gasteiger partial charge >= 0.3 is 5.97 Å². The van der Waals surface area contributed by atoms with E-state index < -0.39 is 11.6 Å². The molecule has 0 fully saturated rings. The highest BCUT2D eigenvalue weighted by atomic mass is 16.5. The van der Waals surface area contributed by atoms with Gasteiger partial charge in [0.1, 0.15) is 23.9 Å². The van der Waals surface area contributed by atoms with Gasteiger partial charge in [-0.2, -0.15) is 0 Å². The first-order chi connectivity index (χ1) is 21.0. The van der Waals surface area contributed by atoms with Gasteiger partial charge in [0.05, 0.1) is 52.8 Å². The lowest BCUT2D eigenvalue weighted by Gasteiger charge is -2.37. The maximum absolute atomic E-state index is 13.0. The molecule has 8 nitrogen and oxygen atoms in total. The second-order valence-electron chi connectivity index (χ2n) is 10.0. The topological polar surface area (TPSA) is 92.7 Å². The van der Waals surface area contributed by atoms with Crippen molar-refractivity contribution in [2.75, 3.05) is 53.9 Å². The van der Waals surface area contributed by atoms with Crippen LogP contribution in [0.3, 0.4) is 0 Å². The lowest BCUT2D eigenvalue weighted by molar-refractivity contribution is 0.0247. The Balaban J connectivity index is 1.50. The van der Waals surface area contributed by atoms with Crippen molar-refractivity contribution in [3.05, 3.63) is 107 Å². The second-order valence-corrected chi connectivity index (χ2v) is 10.0. The molecule has 0 saturated heterocycles. The fourth-order valence-electron chi connectivity index (χ4n) is 5.36. The molecule has 0 amide bonds. The zero-order valence-corrected chi connectivity index (χ0v) is 24.6. The minimum Gasteiger partial charge on any atom is -0.497 e. The molecule has 224 valence electrons. The van der Waals surface area contributed by atoms with Crippen molar-refractivity contribution < 1.29 is 38.3 Å². The summed E-state index contributed by atoms with van der Waals surface area (Å²) in [6, 6.07) is 23.5. The van der Waals surface area contributed by atoms with Crippen molar-refractivity contribution in [1.29, 1.82) is 0 Å². The first-order valence-electron chi connectivity index (χ1n) is 14.2. The van der Waals surface area contributed by atoms with E-state index in [1.165, 1.54) is 7.11 Å². The van der Waals surface area contributed by atoms with Crippen molar-refractivity contribution in [2.45, 2.75) is 12.5 Å². The molecule has 5 rings (SSSR count). The van der Waals surface area contributed by atoms with Crippen LogP contribution in [0.25, 0.3) is 16.8 Å². The fraction of sp³-hybridized carbons (Fsp3) is 0.286. The summed E-state index contributed by atoms with van der Waals surface area (Å²) in [7, 11) is 3.01. The lowest BCUT2D eigenvalue weighted by Crippen LogP contribution is -2.34. The molecule has 0 radical (unpaired) electrons. The Morgan fingerprint density at radius 2 is 1.49 bits per heavy atom. The molecule has 0 bridgehead atoms. The Morgan fingerprint density at radius 3 is 2.19 bits per heavy atom. The minimum absolute atomic E-state index is 0.00243. The number of rotatable bonds is 13. The van der Waals surface area contributed by atoms with E-state index in [1.54, 1.807) is 7.11 Å². The van der Waals surface area contributed by atoms with Crippen LogP contribution in [0.4, 0.5) is 0 Å². The molecule has 1 unspecified atom stereocenters. The SMILES string of the molecule is COC(=O)c1c2c(c3cc(OC)ccc3c1C)OC(c1ccccc1)(c1ccc(OCCOCCOCCO)cc1)C=C2. The summed E-state index contributed by atoms with van der Waals surface area (Å²) in [5.41, 5.74) is 2.78. The number of ether oxygens (including phenoxy) is 6. The van der Waals surface area contributed by atoms with Crippen LogP contribution in [-0.4, -0.2) is 64.9 Å². The van der Waals surface area contributed by atoms with Crippen molar-refractivity contribution in [2.24, 2.45) is 0 Å². The van der Waals surface area contributed by atoms with Gasteiger partial charge in [-0.15, -0.1) is 0 Å². The molecule has 8 heteroatoms. The Kier molecular flexibility index (Phi) is 9.61. The number of carbonyl (C=O) groups excluding carboxylic acids is 1. The van der Waals surface area contributed by atoms with Crippen LogP contribution in [0.15, 0.2) is 78.9 Å². The number of methoxy groups -OCH3 is 2. The number of aliphatic hydroxyl groups excluding tert-OH is 1. The van der Waals surface area contributed by atoms with Gasteiger partial charge in [0, 0.05) is 22.1 Å². The van der Waals surface area contributed by atoms with Gasteiger partial charge in [-0.05, 0) is 54.3 Å². The van der Waals surface area contributed by atoms with Gasteiger partial charge in [0.25, 0.3) is 0 Å². The molecule has 1 atom stereocenters. The summed E-state index contributed by atoms with van der Waals surface area (Å²) >= 11 is 0. The number of aryl methyl sites for hydroxylation is 1. The van der Waals surface area contributed by atoms with Crippen LogP contribution in [0, 0.1) is 6.92 Å². The number of hydrogen-bond acceptors (Lipinski definition) is 8. The maximum atomic E-state index is 13.0. The highest BCUT2D eigenvalue weighted by Gasteiger charge is 2.39. The standard InChI is InChI=1S/C35H36O8/c1-24-29-14-13-28(38-2)23-31(29)33-30(32(24)34(37)39-3)15-16-35(43-33,25-7-5-4-6-8-25)26-9-11-27(12-10-26)42-22-21-41-20-19-40-18-17-36/h4-16,23,36H,17-22H2,1-3H3. The van der Waals surface area contributed by atoms with Gasteiger partial charge in [-0.25, -0.2) is 4.79 Å². The van der Waals surface area contributed by atoms with Crippen LogP contribution in [0.2, 0.25) is 0 Å². The molecule has 1 N–H and O–H groups in total. The molecular weight excluding hydrogens is 548 g/mol. The molecule has 4 aromatic rings. The Bertz CT molecular complexity index is 1580. The molecule has 4 aromatic carbocycles. The Morgan fingerprint density at radius 1 is 0.814 bits per heavy atom. The van der Waals surface area contributed by atoms with E-state index in [2.05, 4.69) is 0 Å². The fourth-order valence-corrected chi connectivity index (χ4v) is 5.36. The Hall–Kier alpha value is -4.37. The molecule has 1 aliphatic heterocycles. The second kappa shape index (κ2) is 13.7. The van der Waals surface area contributed by atoms with Crippen LogP contribution < -0.4 is 14.2 Å². The van der Waals surface area contributed by atoms with E-state index in [0.29, 0.717) is 61.4 Å². The minimum atomic E-state index is -0.983. The molecule has 0 saturated carbocycles. The highest BCUT2D eigenvalue weighted by Crippen LogP contribution is 2.48. The van der Waals surface area contributed by atoms with Crippen LogP contribution in [0.5, 0.6) is 17.2 Å². The number of carbonyl (C=O) groups is 1. The third-order valence-corrected chi connectivity index (χ3v) is 7.49. The smallest absolute Gasteiger partial charge is 0.338 e. The summed E-state index contributed by atoms with van der Waals surface area (Å²) in [5.74, 6) is 1.54. The van der Waals surface area contributed by atoms with Gasteiger partial charge in [0.2, 0.25) is 0 Å². The molecule has 1 heterocycles. The Labute approximate surface area is 251 Å². The quantitative estimate of drug-likeness (QED) is 0.158. The van der Waals surface area contributed by atoms with Gasteiger partial charge in [0.15, 0.2) is 5.60 Å². The molecule has 0 spiro atoms. The first-order valence-corrected chi connectivity index (χ1v) is 14.2. The van der Waals surface area contributed by atoms with Crippen LogP contribution in [0.1, 0.15) is 32.6 Å². The molecule has 0 aromatic heterocycles. The molecule has 43 heavy (non-hydrogen) atoms. The van der Waals surface area contributed by atoms with E-state index >= 15 is 0 Å². The molecule has 1 aliphatic rings. The summed E-state index contributed by atoms with van der Waals surface area (Å²) in [4.78, 5) is 13.0. The third kappa shape index (κ3) is 6.22. The van der Waals surface area contributed by atoms with Crippen molar-refractivity contribution in [1.82, 2.24) is 0 Å². The predicted molar refractivity (Wildman–Crippen MR) is 164 cm³/mol. The summed E-state index contributed by atoms with van der Waals surface area (Å²) in [6.45, 7) is 3.88. The molecular formula is C35H36O8. The van der Waals surface area contributed by atoms with E-state index in [-0.39, 0.29) is 6.61 Å². The number of esters is 1. The number of aliphatic hydroxyl groups is 1. The predicted octanol–water partition coefficient (Wildman–Crippen LogP) is 5.70. The van der Waals surface area contributed by atoms with E-state index in [4.69, 9.17) is 33.5 Å². The zero-order valence-electron chi connectivity index (χ0n) is 24.6. The van der Waals surface area contributed by atoms with Crippen LogP contribution in [-0.2, 0) is 19.8 Å². The summed E-state index contributed by atoms with van der Waals surface area (Å²) in [6.07, 6.45) is 3.95. The van der Waals surface area contributed by atoms with Crippen molar-refractivity contribution >= 4 is 22.8 Å².